The molecule has 0 amide bonds. The van der Waals surface area contributed by atoms with Gasteiger partial charge in [-0.15, -0.1) is 0 Å². The molecule has 1 aromatic heterocycles. The first kappa shape index (κ1) is 20.7. The van der Waals surface area contributed by atoms with Crippen LogP contribution < -0.4 is 4.74 Å². The molecule has 6 heteroatoms. The monoisotopic (exact) mass is 372 g/mol. The molecule has 6 nitrogen and oxygen atoms in total. The third-order valence-corrected chi connectivity index (χ3v) is 4.25. The molecule has 0 saturated carbocycles. The van der Waals surface area contributed by atoms with Crippen LogP contribution in [0.4, 0.5) is 0 Å². The lowest BCUT2D eigenvalue weighted by molar-refractivity contribution is 0.111. The Morgan fingerprint density at radius 2 is 2.11 bits per heavy atom. The van der Waals surface area contributed by atoms with Crippen molar-refractivity contribution in [1.29, 1.82) is 0 Å². The van der Waals surface area contributed by atoms with E-state index in [-0.39, 0.29) is 17.4 Å². The van der Waals surface area contributed by atoms with Crippen LogP contribution in [0.2, 0.25) is 0 Å². The Labute approximate surface area is 160 Å². The van der Waals surface area contributed by atoms with Crippen molar-refractivity contribution in [1.82, 2.24) is 9.78 Å². The fourth-order valence-electron chi connectivity index (χ4n) is 2.94. The molecule has 0 saturated heterocycles. The third-order valence-electron chi connectivity index (χ3n) is 4.25. The first-order chi connectivity index (χ1) is 13.1. The summed E-state index contributed by atoms with van der Waals surface area (Å²) in [4.78, 5) is 11.2. The summed E-state index contributed by atoms with van der Waals surface area (Å²) in [5.41, 5.74) is 3.39. The van der Waals surface area contributed by atoms with Crippen molar-refractivity contribution in [2.75, 3.05) is 19.8 Å². The summed E-state index contributed by atoms with van der Waals surface area (Å²) < 4.78 is 13.4. The van der Waals surface area contributed by atoms with E-state index in [1.807, 2.05) is 24.6 Å². The van der Waals surface area contributed by atoms with E-state index < -0.39 is 0 Å². The Hall–Kier alpha value is -2.60. The van der Waals surface area contributed by atoms with Gasteiger partial charge in [0.05, 0.1) is 24.5 Å². The molecule has 0 atom stereocenters. The van der Waals surface area contributed by atoms with E-state index in [0.717, 1.165) is 23.3 Å². The van der Waals surface area contributed by atoms with E-state index >= 15 is 0 Å². The van der Waals surface area contributed by atoms with Crippen LogP contribution in [0.5, 0.6) is 11.5 Å². The number of phenols is 1. The minimum absolute atomic E-state index is 0.0773. The number of carbonyl (C=O) groups excluding carboxylic acids is 1. The predicted molar refractivity (Wildman–Crippen MR) is 105 cm³/mol. The van der Waals surface area contributed by atoms with Crippen molar-refractivity contribution >= 4 is 11.9 Å². The smallest absolute Gasteiger partial charge is 0.157 e. The number of aromatic hydroxyl groups is 1. The highest BCUT2D eigenvalue weighted by molar-refractivity contribution is 5.83. The maximum Gasteiger partial charge on any atom is 0.157 e. The first-order valence-electron chi connectivity index (χ1n) is 9.34. The Morgan fingerprint density at radius 3 is 2.81 bits per heavy atom. The van der Waals surface area contributed by atoms with Crippen LogP contribution in [0.3, 0.4) is 0 Å². The SMILES string of the molecule is CC.CC(C)n1nccc1C1=C(COc2cccc(O)c2C=O)CCOC1. The van der Waals surface area contributed by atoms with Gasteiger partial charge in [0.1, 0.15) is 18.1 Å². The van der Waals surface area contributed by atoms with Gasteiger partial charge >= 0.3 is 0 Å². The molecule has 3 rings (SSSR count). The van der Waals surface area contributed by atoms with Gasteiger partial charge in [-0.1, -0.05) is 19.9 Å². The van der Waals surface area contributed by atoms with E-state index in [1.165, 1.54) is 6.07 Å². The molecule has 1 aliphatic rings. The topological polar surface area (TPSA) is 73.6 Å². The molecule has 27 heavy (non-hydrogen) atoms. The van der Waals surface area contributed by atoms with Crippen molar-refractivity contribution in [3.8, 4) is 11.5 Å². The minimum Gasteiger partial charge on any atom is -0.507 e. The van der Waals surface area contributed by atoms with Crippen LogP contribution in [0.25, 0.3) is 5.57 Å². The van der Waals surface area contributed by atoms with Crippen LogP contribution in [-0.2, 0) is 4.74 Å². The minimum atomic E-state index is -0.0773. The first-order valence-corrected chi connectivity index (χ1v) is 9.34. The summed E-state index contributed by atoms with van der Waals surface area (Å²) in [7, 11) is 0. The number of benzene rings is 1. The highest BCUT2D eigenvalue weighted by Crippen LogP contribution is 2.29. The molecule has 2 heterocycles. The molecular weight excluding hydrogens is 344 g/mol. The highest BCUT2D eigenvalue weighted by Gasteiger charge is 2.20. The highest BCUT2D eigenvalue weighted by atomic mass is 16.5. The second-order valence-electron chi connectivity index (χ2n) is 6.23. The summed E-state index contributed by atoms with van der Waals surface area (Å²) in [6, 6.07) is 7.03. The lowest BCUT2D eigenvalue weighted by Crippen LogP contribution is -2.18. The Kier molecular flexibility index (Phi) is 7.61. The largest absolute Gasteiger partial charge is 0.507 e. The van der Waals surface area contributed by atoms with E-state index in [4.69, 9.17) is 9.47 Å². The molecule has 1 aromatic carbocycles. The molecule has 0 bridgehead atoms. The molecule has 0 unspecified atom stereocenters. The number of aldehydes is 1. The van der Waals surface area contributed by atoms with E-state index in [9.17, 15) is 9.90 Å². The second-order valence-corrected chi connectivity index (χ2v) is 6.23. The van der Waals surface area contributed by atoms with Crippen molar-refractivity contribution in [2.24, 2.45) is 0 Å². The summed E-state index contributed by atoms with van der Waals surface area (Å²) in [6.07, 6.45) is 3.15. The Morgan fingerprint density at radius 1 is 1.33 bits per heavy atom. The molecule has 1 aliphatic heterocycles. The zero-order chi connectivity index (χ0) is 19.8. The molecular formula is C21H28N2O4. The molecule has 0 spiro atoms. The van der Waals surface area contributed by atoms with Crippen LogP contribution in [0.15, 0.2) is 36.0 Å². The van der Waals surface area contributed by atoms with Crippen LogP contribution in [0.1, 0.15) is 56.2 Å². The van der Waals surface area contributed by atoms with Crippen molar-refractivity contribution < 1.29 is 19.4 Å². The van der Waals surface area contributed by atoms with Gasteiger partial charge in [0.2, 0.25) is 0 Å². The van der Waals surface area contributed by atoms with E-state index in [0.29, 0.717) is 31.9 Å². The van der Waals surface area contributed by atoms with Gasteiger partial charge in [-0.25, -0.2) is 0 Å². The number of aromatic nitrogens is 2. The Bertz CT molecular complexity index is 793. The predicted octanol–water partition coefficient (Wildman–Crippen LogP) is 4.26. The molecule has 2 aromatic rings. The quantitative estimate of drug-likeness (QED) is 0.767. The Balaban J connectivity index is 0.00000126. The van der Waals surface area contributed by atoms with E-state index in [1.54, 1.807) is 18.3 Å². The third kappa shape index (κ3) is 4.77. The van der Waals surface area contributed by atoms with Gasteiger partial charge in [0, 0.05) is 17.8 Å². The standard InChI is InChI=1S/C19H22N2O4.C2H6/c1-13(2)21-17(6-8-20-21)16-12-24-9-7-14(16)11-25-19-5-3-4-18(23)15(19)10-22;1-2/h3-6,8,10,13,23H,7,9,11-12H2,1-2H3;1-2H3. The van der Waals surface area contributed by atoms with Crippen molar-refractivity contribution in [3.05, 3.63) is 47.3 Å². The van der Waals surface area contributed by atoms with Gasteiger partial charge < -0.3 is 14.6 Å². The van der Waals surface area contributed by atoms with Crippen LogP contribution in [0, 0.1) is 0 Å². The maximum atomic E-state index is 11.2. The summed E-state index contributed by atoms with van der Waals surface area (Å²) in [5, 5.41) is 14.2. The second kappa shape index (κ2) is 9.92. The molecule has 0 aliphatic carbocycles. The summed E-state index contributed by atoms with van der Waals surface area (Å²) in [6.45, 7) is 9.66. The number of hydrogen-bond donors (Lipinski definition) is 1. The fourth-order valence-corrected chi connectivity index (χ4v) is 2.94. The van der Waals surface area contributed by atoms with Gasteiger partial charge in [0.25, 0.3) is 0 Å². The number of nitrogens with zero attached hydrogens (tertiary/aromatic N) is 2. The zero-order valence-electron chi connectivity index (χ0n) is 16.4. The van der Waals surface area contributed by atoms with Gasteiger partial charge in [-0.2, -0.15) is 5.10 Å². The van der Waals surface area contributed by atoms with E-state index in [2.05, 4.69) is 18.9 Å². The van der Waals surface area contributed by atoms with Gasteiger partial charge in [0.15, 0.2) is 6.29 Å². The molecule has 1 N–H and O–H groups in total. The summed E-state index contributed by atoms with van der Waals surface area (Å²) >= 11 is 0. The van der Waals surface area contributed by atoms with Crippen LogP contribution in [-0.4, -0.2) is 41.0 Å². The maximum absolute atomic E-state index is 11.2. The normalized spacial score (nSPS) is 14.0. The lowest BCUT2D eigenvalue weighted by Gasteiger charge is -2.23. The summed E-state index contributed by atoms with van der Waals surface area (Å²) in [5.74, 6) is 0.303. The molecule has 0 radical (unpaired) electrons. The average Bonchev–Trinajstić information content (AvgIpc) is 3.18. The lowest BCUT2D eigenvalue weighted by atomic mass is 10.0. The number of ether oxygens (including phenoxy) is 2. The number of carbonyl (C=O) groups is 1. The van der Waals surface area contributed by atoms with Crippen LogP contribution >= 0.6 is 0 Å². The van der Waals surface area contributed by atoms with Gasteiger partial charge in [-0.05, 0) is 44.0 Å². The van der Waals surface area contributed by atoms with Gasteiger partial charge in [-0.3, -0.25) is 9.48 Å². The average molecular weight is 372 g/mol. The number of rotatable bonds is 6. The van der Waals surface area contributed by atoms with Crippen molar-refractivity contribution in [3.63, 3.8) is 0 Å². The fraction of sp³-hybridized carbons (Fsp3) is 0.429. The van der Waals surface area contributed by atoms with Crippen molar-refractivity contribution in [2.45, 2.75) is 40.2 Å². The number of hydrogen-bond acceptors (Lipinski definition) is 5. The number of phenolic OH excluding ortho intramolecular Hbond substituents is 1. The molecule has 0 fully saturated rings. The zero-order valence-corrected chi connectivity index (χ0v) is 16.4. The molecule has 146 valence electrons.